The van der Waals surface area contributed by atoms with Crippen LogP contribution in [0.25, 0.3) is 6.08 Å². The number of hydrogen-bond donors (Lipinski definition) is 1. The van der Waals surface area contributed by atoms with Gasteiger partial charge in [0.05, 0.1) is 33.8 Å². The van der Waals surface area contributed by atoms with Crippen molar-refractivity contribution in [2.45, 2.75) is 38.7 Å². The standard InChI is InChI=1S/C19H32NO.HI/c1-5-6-8-13-18(16-20(2,3)4)19(21)15-14-17-11-9-7-10-12-17;/h7,9-12,14-15,18-19,21H,5-6,8,13,16H2,1-4H3;1H/q+1;/p-1/b15-14-;. The molecule has 0 fully saturated rings. The minimum atomic E-state index is -0.362. The molecule has 0 aromatic heterocycles. The number of benzene rings is 1. The van der Waals surface area contributed by atoms with E-state index in [0.29, 0.717) is 5.92 Å². The van der Waals surface area contributed by atoms with Gasteiger partial charge in [-0.2, -0.15) is 0 Å². The fourth-order valence-corrected chi connectivity index (χ4v) is 2.66. The first-order valence-corrected chi connectivity index (χ1v) is 8.14. The molecule has 0 radical (unpaired) electrons. The molecule has 126 valence electrons. The van der Waals surface area contributed by atoms with Crippen molar-refractivity contribution in [3.05, 3.63) is 42.0 Å². The predicted molar refractivity (Wildman–Crippen MR) is 92.0 cm³/mol. The van der Waals surface area contributed by atoms with Gasteiger partial charge in [-0.3, -0.25) is 0 Å². The first-order valence-electron chi connectivity index (χ1n) is 8.14. The lowest BCUT2D eigenvalue weighted by Crippen LogP contribution is -3.00. The molecule has 22 heavy (non-hydrogen) atoms. The smallest absolute Gasteiger partial charge is 0.0837 e. The van der Waals surface area contributed by atoms with Crippen molar-refractivity contribution in [1.82, 2.24) is 0 Å². The van der Waals surface area contributed by atoms with Crippen molar-refractivity contribution in [3.63, 3.8) is 0 Å². The number of quaternary nitrogens is 1. The van der Waals surface area contributed by atoms with Gasteiger partial charge < -0.3 is 33.6 Å². The van der Waals surface area contributed by atoms with E-state index in [1.165, 1.54) is 19.3 Å². The molecule has 0 saturated heterocycles. The molecule has 0 spiro atoms. The Hall–Kier alpha value is -0.390. The number of aliphatic hydroxyl groups excluding tert-OH is 1. The van der Waals surface area contributed by atoms with Crippen LogP contribution in [0.4, 0.5) is 0 Å². The van der Waals surface area contributed by atoms with Gasteiger partial charge in [0.2, 0.25) is 0 Å². The molecule has 2 atom stereocenters. The third-order valence-corrected chi connectivity index (χ3v) is 3.73. The van der Waals surface area contributed by atoms with Gasteiger partial charge in [-0.25, -0.2) is 0 Å². The van der Waals surface area contributed by atoms with E-state index in [-0.39, 0.29) is 30.1 Å². The highest BCUT2D eigenvalue weighted by atomic mass is 127. The average Bonchev–Trinajstić information content (AvgIpc) is 2.44. The Morgan fingerprint density at radius 2 is 1.73 bits per heavy atom. The van der Waals surface area contributed by atoms with Crippen LogP contribution in [0.1, 0.15) is 38.2 Å². The van der Waals surface area contributed by atoms with Crippen LogP contribution in [-0.2, 0) is 0 Å². The molecular formula is C19H32INO. The van der Waals surface area contributed by atoms with Crippen molar-refractivity contribution in [2.24, 2.45) is 5.92 Å². The number of halogens is 1. The second-order valence-electron chi connectivity index (χ2n) is 6.99. The molecule has 0 amide bonds. The molecule has 3 heteroatoms. The SMILES string of the molecule is CCCCCC(C[N+](C)(C)C)C(O)/C=C\c1ccccc1.[I-]. The molecule has 2 nitrogen and oxygen atoms in total. The van der Waals surface area contributed by atoms with Gasteiger partial charge in [-0.15, -0.1) is 0 Å². The fourth-order valence-electron chi connectivity index (χ4n) is 2.66. The molecule has 1 aromatic carbocycles. The number of unbranched alkanes of at least 4 members (excludes halogenated alkanes) is 2. The molecule has 0 aliphatic carbocycles. The first kappa shape index (κ1) is 21.6. The van der Waals surface area contributed by atoms with Gasteiger partial charge in [0, 0.05) is 5.92 Å². The Morgan fingerprint density at radius 3 is 2.27 bits per heavy atom. The van der Waals surface area contributed by atoms with E-state index in [4.69, 9.17) is 0 Å². The highest BCUT2D eigenvalue weighted by Crippen LogP contribution is 2.19. The van der Waals surface area contributed by atoms with E-state index < -0.39 is 0 Å². The van der Waals surface area contributed by atoms with Crippen LogP contribution in [0.15, 0.2) is 36.4 Å². The average molecular weight is 417 g/mol. The van der Waals surface area contributed by atoms with Crippen molar-refractivity contribution in [2.75, 3.05) is 27.7 Å². The summed E-state index contributed by atoms with van der Waals surface area (Å²) in [5, 5.41) is 10.5. The quantitative estimate of drug-likeness (QED) is 0.361. The summed E-state index contributed by atoms with van der Waals surface area (Å²) >= 11 is 0. The van der Waals surface area contributed by atoms with Gasteiger partial charge in [-0.05, 0) is 12.0 Å². The van der Waals surface area contributed by atoms with Crippen LogP contribution in [0.3, 0.4) is 0 Å². The summed E-state index contributed by atoms with van der Waals surface area (Å²) in [6.07, 6.45) is 8.42. The van der Waals surface area contributed by atoms with Crippen LogP contribution < -0.4 is 24.0 Å². The van der Waals surface area contributed by atoms with Gasteiger partial charge >= 0.3 is 0 Å². The summed E-state index contributed by atoms with van der Waals surface area (Å²) in [6.45, 7) is 3.23. The highest BCUT2D eigenvalue weighted by molar-refractivity contribution is 5.49. The maximum absolute atomic E-state index is 10.5. The van der Waals surface area contributed by atoms with E-state index in [1.54, 1.807) is 0 Å². The summed E-state index contributed by atoms with van der Waals surface area (Å²) in [4.78, 5) is 0. The lowest BCUT2D eigenvalue weighted by molar-refractivity contribution is -0.874. The Morgan fingerprint density at radius 1 is 1.09 bits per heavy atom. The summed E-state index contributed by atoms with van der Waals surface area (Å²) in [5.41, 5.74) is 1.15. The first-order chi connectivity index (χ1) is 9.92. The van der Waals surface area contributed by atoms with Crippen LogP contribution in [-0.4, -0.2) is 43.4 Å². The maximum Gasteiger partial charge on any atom is 0.0837 e. The Balaban J connectivity index is 0.00000441. The Kier molecular flexibility index (Phi) is 11.0. The molecule has 1 rings (SSSR count). The Bertz CT molecular complexity index is 411. The lowest BCUT2D eigenvalue weighted by atomic mass is 9.93. The van der Waals surface area contributed by atoms with Crippen molar-refractivity contribution >= 4 is 6.08 Å². The van der Waals surface area contributed by atoms with Crippen LogP contribution in [0, 0.1) is 5.92 Å². The van der Waals surface area contributed by atoms with Crippen molar-refractivity contribution in [1.29, 1.82) is 0 Å². The molecule has 0 aliphatic rings. The van der Waals surface area contributed by atoms with E-state index in [0.717, 1.165) is 23.0 Å². The Labute approximate surface area is 153 Å². The lowest BCUT2D eigenvalue weighted by Gasteiger charge is -2.31. The third-order valence-electron chi connectivity index (χ3n) is 3.73. The van der Waals surface area contributed by atoms with Crippen molar-refractivity contribution in [3.8, 4) is 0 Å². The number of aliphatic hydroxyl groups is 1. The monoisotopic (exact) mass is 417 g/mol. The van der Waals surface area contributed by atoms with Crippen LogP contribution in [0.5, 0.6) is 0 Å². The van der Waals surface area contributed by atoms with Crippen molar-refractivity contribution < 1.29 is 33.6 Å². The second-order valence-corrected chi connectivity index (χ2v) is 6.99. The summed E-state index contributed by atoms with van der Waals surface area (Å²) in [6, 6.07) is 10.2. The van der Waals surface area contributed by atoms with Gasteiger partial charge in [0.25, 0.3) is 0 Å². The third kappa shape index (κ3) is 9.59. The van der Waals surface area contributed by atoms with Gasteiger partial charge in [-0.1, -0.05) is 68.7 Å². The van der Waals surface area contributed by atoms with Gasteiger partial charge in [0.1, 0.15) is 0 Å². The molecule has 0 bridgehead atoms. The minimum absolute atomic E-state index is 0. The maximum atomic E-state index is 10.5. The molecule has 1 aromatic rings. The normalized spacial score (nSPS) is 14.6. The number of rotatable bonds is 9. The topological polar surface area (TPSA) is 20.2 Å². The largest absolute Gasteiger partial charge is 1.00 e. The van der Waals surface area contributed by atoms with E-state index in [2.05, 4.69) is 40.2 Å². The minimum Gasteiger partial charge on any atom is -1.00 e. The van der Waals surface area contributed by atoms with Crippen LogP contribution in [0.2, 0.25) is 0 Å². The molecule has 2 unspecified atom stereocenters. The zero-order valence-electron chi connectivity index (χ0n) is 14.5. The summed E-state index contributed by atoms with van der Waals surface area (Å²) in [5.74, 6) is 0.330. The molecule has 0 aliphatic heterocycles. The zero-order valence-corrected chi connectivity index (χ0v) is 16.7. The molecule has 0 saturated carbocycles. The fraction of sp³-hybridized carbons (Fsp3) is 0.579. The predicted octanol–water partition coefficient (Wildman–Crippen LogP) is 0.967. The van der Waals surface area contributed by atoms with E-state index in [1.807, 2.05) is 30.4 Å². The zero-order chi connectivity index (χ0) is 15.7. The second kappa shape index (κ2) is 11.2. The number of hydrogen-bond acceptors (Lipinski definition) is 1. The van der Waals surface area contributed by atoms with E-state index in [9.17, 15) is 5.11 Å². The number of nitrogens with zero attached hydrogens (tertiary/aromatic N) is 1. The van der Waals surface area contributed by atoms with Crippen LogP contribution >= 0.6 is 0 Å². The molecular weight excluding hydrogens is 385 g/mol. The highest BCUT2D eigenvalue weighted by Gasteiger charge is 2.23. The summed E-state index contributed by atoms with van der Waals surface area (Å²) < 4.78 is 0.896. The van der Waals surface area contributed by atoms with E-state index >= 15 is 0 Å². The molecule has 1 N–H and O–H groups in total. The molecule has 0 heterocycles. The van der Waals surface area contributed by atoms with Gasteiger partial charge in [0.15, 0.2) is 0 Å². The summed E-state index contributed by atoms with van der Waals surface area (Å²) in [7, 11) is 6.58.